The average molecular weight is 299 g/mol. The number of carbonyl (C=O) groups is 1. The summed E-state index contributed by atoms with van der Waals surface area (Å²) >= 11 is 5.88. The smallest absolute Gasteiger partial charge is 0.403 e. The minimum atomic E-state index is -0.617. The summed E-state index contributed by atoms with van der Waals surface area (Å²) in [5.41, 5.74) is -0.683. The topological polar surface area (TPSA) is 35.5 Å². The standard InChI is InChI=1S/C14H17BClFO3/c1-13(2)14(3,4)20-15(19-13)8-12(18)10-6-5-9(17)7-11(10)16/h5-7H,8H2,1-4H3. The highest BCUT2D eigenvalue weighted by Crippen LogP contribution is 2.38. The monoisotopic (exact) mass is 298 g/mol. The predicted molar refractivity (Wildman–Crippen MR) is 76.6 cm³/mol. The Balaban J connectivity index is 2.10. The molecule has 1 heterocycles. The molecule has 0 spiro atoms. The fourth-order valence-electron chi connectivity index (χ4n) is 2.03. The van der Waals surface area contributed by atoms with Gasteiger partial charge in [0.1, 0.15) is 5.82 Å². The first kappa shape index (κ1) is 15.5. The predicted octanol–water partition coefficient (Wildman–Crippen LogP) is 3.75. The van der Waals surface area contributed by atoms with Crippen molar-refractivity contribution in [2.75, 3.05) is 0 Å². The Bertz CT molecular complexity index is 529. The van der Waals surface area contributed by atoms with Crippen molar-refractivity contribution < 1.29 is 18.5 Å². The van der Waals surface area contributed by atoms with Crippen molar-refractivity contribution >= 4 is 24.5 Å². The maximum absolute atomic E-state index is 13.0. The van der Waals surface area contributed by atoms with Crippen LogP contribution >= 0.6 is 11.6 Å². The van der Waals surface area contributed by atoms with E-state index < -0.39 is 24.1 Å². The molecule has 1 fully saturated rings. The second-order valence-electron chi connectivity index (χ2n) is 5.94. The second-order valence-corrected chi connectivity index (χ2v) is 6.34. The van der Waals surface area contributed by atoms with Gasteiger partial charge >= 0.3 is 7.12 Å². The Morgan fingerprint density at radius 1 is 1.25 bits per heavy atom. The number of hydrogen-bond donors (Lipinski definition) is 0. The maximum Gasteiger partial charge on any atom is 0.465 e. The van der Waals surface area contributed by atoms with Gasteiger partial charge in [0.25, 0.3) is 0 Å². The van der Waals surface area contributed by atoms with Crippen molar-refractivity contribution in [3.05, 3.63) is 34.6 Å². The molecule has 0 radical (unpaired) electrons. The molecule has 108 valence electrons. The molecule has 1 aliphatic rings. The lowest BCUT2D eigenvalue weighted by molar-refractivity contribution is 0.00578. The highest BCUT2D eigenvalue weighted by atomic mass is 35.5. The molecule has 0 aromatic heterocycles. The van der Waals surface area contributed by atoms with Gasteiger partial charge in [-0.05, 0) is 45.9 Å². The van der Waals surface area contributed by atoms with E-state index in [0.717, 1.165) is 6.07 Å². The van der Waals surface area contributed by atoms with Gasteiger partial charge in [0.15, 0.2) is 5.78 Å². The first-order valence-corrected chi connectivity index (χ1v) is 6.84. The Kier molecular flexibility index (Phi) is 3.97. The minimum absolute atomic E-state index is 0.0538. The number of benzene rings is 1. The van der Waals surface area contributed by atoms with E-state index in [0.29, 0.717) is 0 Å². The Morgan fingerprint density at radius 3 is 2.30 bits per heavy atom. The van der Waals surface area contributed by atoms with E-state index in [4.69, 9.17) is 20.9 Å². The normalized spacial score (nSPS) is 20.2. The largest absolute Gasteiger partial charge is 0.465 e. The van der Waals surface area contributed by atoms with Crippen LogP contribution < -0.4 is 0 Å². The van der Waals surface area contributed by atoms with Crippen LogP contribution in [0.4, 0.5) is 4.39 Å². The van der Waals surface area contributed by atoms with E-state index in [2.05, 4.69) is 0 Å². The Hall–Kier alpha value is -0.905. The molecule has 1 aromatic rings. The van der Waals surface area contributed by atoms with Gasteiger partial charge in [-0.1, -0.05) is 11.6 Å². The molecule has 6 heteroatoms. The number of carbonyl (C=O) groups excluding carboxylic acids is 1. The molecule has 0 aliphatic carbocycles. The maximum atomic E-state index is 13.0. The molecule has 1 saturated heterocycles. The molecule has 1 aromatic carbocycles. The summed E-state index contributed by atoms with van der Waals surface area (Å²) in [4.78, 5) is 12.2. The van der Waals surface area contributed by atoms with E-state index in [9.17, 15) is 9.18 Å². The molecule has 0 amide bonds. The highest BCUT2D eigenvalue weighted by Gasteiger charge is 2.51. The summed E-state index contributed by atoms with van der Waals surface area (Å²) in [5.74, 6) is -0.698. The third kappa shape index (κ3) is 2.90. The highest BCUT2D eigenvalue weighted by molar-refractivity contribution is 6.52. The number of halogens is 2. The number of ketones is 1. The van der Waals surface area contributed by atoms with Crippen molar-refractivity contribution in [3.8, 4) is 0 Å². The minimum Gasteiger partial charge on any atom is -0.403 e. The van der Waals surface area contributed by atoms with E-state index in [1.54, 1.807) is 0 Å². The van der Waals surface area contributed by atoms with Gasteiger partial charge in [-0.2, -0.15) is 0 Å². The van der Waals surface area contributed by atoms with Crippen LogP contribution in [0.5, 0.6) is 0 Å². The van der Waals surface area contributed by atoms with Crippen molar-refractivity contribution in [2.45, 2.75) is 45.2 Å². The molecule has 0 atom stereocenters. The molecule has 0 bridgehead atoms. The van der Waals surface area contributed by atoms with Crippen LogP contribution in [0.2, 0.25) is 11.3 Å². The lowest BCUT2D eigenvalue weighted by Crippen LogP contribution is -2.41. The van der Waals surface area contributed by atoms with Crippen molar-refractivity contribution in [2.24, 2.45) is 0 Å². The second kappa shape index (κ2) is 5.13. The van der Waals surface area contributed by atoms with Crippen LogP contribution in [0.15, 0.2) is 18.2 Å². The number of rotatable bonds is 3. The number of hydrogen-bond acceptors (Lipinski definition) is 3. The van der Waals surface area contributed by atoms with Crippen LogP contribution in [0.1, 0.15) is 38.1 Å². The molecule has 2 rings (SSSR count). The van der Waals surface area contributed by atoms with Gasteiger partial charge in [-0.15, -0.1) is 0 Å². The first-order chi connectivity index (χ1) is 9.12. The van der Waals surface area contributed by atoms with Crippen molar-refractivity contribution in [3.63, 3.8) is 0 Å². The molecule has 0 unspecified atom stereocenters. The zero-order chi connectivity index (χ0) is 15.1. The molecule has 0 N–H and O–H groups in total. The van der Waals surface area contributed by atoms with Crippen molar-refractivity contribution in [1.82, 2.24) is 0 Å². The Morgan fingerprint density at radius 2 is 1.80 bits per heavy atom. The summed E-state index contributed by atoms with van der Waals surface area (Å²) in [6.07, 6.45) is 0.0538. The third-order valence-corrected chi connectivity index (χ3v) is 4.20. The summed E-state index contributed by atoms with van der Waals surface area (Å²) in [5, 5.41) is 0.103. The zero-order valence-corrected chi connectivity index (χ0v) is 12.8. The molecular formula is C14H17BClFO3. The fraction of sp³-hybridized carbons (Fsp3) is 0.500. The van der Waals surface area contributed by atoms with Crippen LogP contribution in [0.25, 0.3) is 0 Å². The van der Waals surface area contributed by atoms with Crippen LogP contribution in [-0.4, -0.2) is 24.1 Å². The van der Waals surface area contributed by atoms with Crippen LogP contribution in [0.3, 0.4) is 0 Å². The summed E-state index contributed by atoms with van der Waals surface area (Å²) < 4.78 is 24.5. The zero-order valence-electron chi connectivity index (χ0n) is 12.0. The van der Waals surface area contributed by atoms with Gasteiger partial charge in [0, 0.05) is 11.9 Å². The van der Waals surface area contributed by atoms with Gasteiger partial charge in [0.2, 0.25) is 0 Å². The van der Waals surface area contributed by atoms with E-state index in [1.807, 2.05) is 27.7 Å². The molecular weight excluding hydrogens is 281 g/mol. The molecule has 3 nitrogen and oxygen atoms in total. The molecule has 20 heavy (non-hydrogen) atoms. The van der Waals surface area contributed by atoms with Gasteiger partial charge in [0.05, 0.1) is 16.2 Å². The van der Waals surface area contributed by atoms with Gasteiger partial charge < -0.3 is 9.31 Å². The van der Waals surface area contributed by atoms with E-state index >= 15 is 0 Å². The van der Waals surface area contributed by atoms with Crippen LogP contribution in [0, 0.1) is 5.82 Å². The average Bonchev–Trinajstić information content (AvgIpc) is 2.46. The number of Topliss-reactive ketones (excluding diaryl/α,β-unsaturated/α-hetero) is 1. The lowest BCUT2D eigenvalue weighted by Gasteiger charge is -2.32. The summed E-state index contributed by atoms with van der Waals surface area (Å²) in [6.45, 7) is 7.68. The quantitative estimate of drug-likeness (QED) is 0.630. The Labute approximate surface area is 123 Å². The van der Waals surface area contributed by atoms with Crippen LogP contribution in [-0.2, 0) is 9.31 Å². The summed E-state index contributed by atoms with van der Waals surface area (Å²) in [7, 11) is -0.617. The molecule has 0 saturated carbocycles. The lowest BCUT2D eigenvalue weighted by atomic mass is 9.80. The SMILES string of the molecule is CC1(C)OB(CC(=O)c2ccc(F)cc2Cl)OC1(C)C. The van der Waals surface area contributed by atoms with Gasteiger partial charge in [-0.25, -0.2) is 4.39 Å². The van der Waals surface area contributed by atoms with E-state index in [-0.39, 0.29) is 22.7 Å². The van der Waals surface area contributed by atoms with Crippen molar-refractivity contribution in [1.29, 1.82) is 0 Å². The first-order valence-electron chi connectivity index (χ1n) is 6.46. The molecule has 1 aliphatic heterocycles. The third-order valence-electron chi connectivity index (χ3n) is 3.89. The van der Waals surface area contributed by atoms with E-state index in [1.165, 1.54) is 12.1 Å². The fourth-order valence-corrected chi connectivity index (χ4v) is 2.30. The van der Waals surface area contributed by atoms with Gasteiger partial charge in [-0.3, -0.25) is 4.79 Å². The summed E-state index contributed by atoms with van der Waals surface area (Å²) in [6, 6.07) is 3.72.